The van der Waals surface area contributed by atoms with Crippen LogP contribution in [0.3, 0.4) is 0 Å². The van der Waals surface area contributed by atoms with Gasteiger partial charge < -0.3 is 9.47 Å². The highest BCUT2D eigenvalue weighted by Gasteiger charge is 2.09. The number of carbonyl (C=O) groups is 2. The van der Waals surface area contributed by atoms with E-state index in [9.17, 15) is 9.59 Å². The van der Waals surface area contributed by atoms with Crippen molar-refractivity contribution in [2.75, 3.05) is 24.0 Å². The van der Waals surface area contributed by atoms with Crippen molar-refractivity contribution in [3.05, 3.63) is 0 Å². The summed E-state index contributed by atoms with van der Waals surface area (Å²) in [6, 6.07) is 0. The Morgan fingerprint density at radius 3 is 2.43 bits per heavy atom. The minimum absolute atomic E-state index is 0.00329. The standard InChI is InChI=1S/C9H14N6O4S2/c1-3-18-8(16)10-5(20)12-14-7-15-13-6(21-7)11-9(17)19-4-2/h3-4H2,1-2H3,(H,14,15)(H,11,13,17)(H2,10,12,16,20). The average molecular weight is 334 g/mol. The molecule has 1 aromatic rings. The van der Waals surface area contributed by atoms with E-state index in [1.807, 2.05) is 0 Å². The van der Waals surface area contributed by atoms with Crippen LogP contribution in [0, 0.1) is 0 Å². The highest BCUT2D eigenvalue weighted by molar-refractivity contribution is 7.80. The van der Waals surface area contributed by atoms with Crippen molar-refractivity contribution in [1.29, 1.82) is 0 Å². The largest absolute Gasteiger partial charge is 0.450 e. The van der Waals surface area contributed by atoms with Crippen molar-refractivity contribution in [3.63, 3.8) is 0 Å². The number of alkyl carbamates (subject to hydrolysis) is 1. The summed E-state index contributed by atoms with van der Waals surface area (Å²) in [5.74, 6) is 0. The lowest BCUT2D eigenvalue weighted by Gasteiger charge is -2.08. The molecular weight excluding hydrogens is 320 g/mol. The molecule has 0 bridgehead atoms. The van der Waals surface area contributed by atoms with Crippen LogP contribution in [0.2, 0.25) is 0 Å². The van der Waals surface area contributed by atoms with Gasteiger partial charge in [-0.15, -0.1) is 10.2 Å². The Hall–Kier alpha value is -2.21. The fourth-order valence-corrected chi connectivity index (χ4v) is 1.70. The number of hydrogen-bond acceptors (Lipinski definition) is 9. The maximum atomic E-state index is 11.2. The summed E-state index contributed by atoms with van der Waals surface area (Å²) >= 11 is 5.88. The molecule has 0 aliphatic rings. The average Bonchev–Trinajstić information content (AvgIpc) is 2.84. The number of aromatic nitrogens is 2. The van der Waals surface area contributed by atoms with Crippen LogP contribution in [0.15, 0.2) is 0 Å². The Kier molecular flexibility index (Phi) is 7.11. The maximum absolute atomic E-state index is 11.2. The molecule has 0 saturated heterocycles. The summed E-state index contributed by atoms with van der Waals surface area (Å²) in [5.41, 5.74) is 5.12. The number of amides is 2. The van der Waals surface area contributed by atoms with Crippen LogP contribution in [0.1, 0.15) is 13.8 Å². The molecule has 0 aliphatic heterocycles. The van der Waals surface area contributed by atoms with Gasteiger partial charge in [0.05, 0.1) is 13.2 Å². The molecule has 116 valence electrons. The van der Waals surface area contributed by atoms with Crippen LogP contribution in [-0.4, -0.2) is 40.7 Å². The lowest BCUT2D eigenvalue weighted by Crippen LogP contribution is -2.42. The molecule has 21 heavy (non-hydrogen) atoms. The van der Waals surface area contributed by atoms with Gasteiger partial charge in [-0.1, -0.05) is 11.3 Å². The van der Waals surface area contributed by atoms with Gasteiger partial charge in [-0.25, -0.2) is 9.59 Å². The van der Waals surface area contributed by atoms with Crippen molar-refractivity contribution in [1.82, 2.24) is 20.9 Å². The molecule has 0 radical (unpaired) electrons. The predicted octanol–water partition coefficient (Wildman–Crippen LogP) is 1.05. The molecule has 10 nitrogen and oxygen atoms in total. The van der Waals surface area contributed by atoms with Gasteiger partial charge in [-0.05, 0) is 26.1 Å². The molecule has 1 aromatic heterocycles. The van der Waals surface area contributed by atoms with Gasteiger partial charge in [0, 0.05) is 0 Å². The van der Waals surface area contributed by atoms with E-state index in [-0.39, 0.29) is 23.5 Å². The molecule has 0 aromatic carbocycles. The lowest BCUT2D eigenvalue weighted by molar-refractivity contribution is 0.157. The number of ether oxygens (including phenoxy) is 2. The quantitative estimate of drug-likeness (QED) is 0.461. The molecule has 2 amide bonds. The molecule has 0 fully saturated rings. The first-order valence-electron chi connectivity index (χ1n) is 5.82. The van der Waals surface area contributed by atoms with E-state index in [1.165, 1.54) is 0 Å². The lowest BCUT2D eigenvalue weighted by atomic mass is 10.8. The van der Waals surface area contributed by atoms with Crippen molar-refractivity contribution >= 4 is 51.1 Å². The first-order valence-corrected chi connectivity index (χ1v) is 7.04. The Bertz CT molecular complexity index is 508. The van der Waals surface area contributed by atoms with Crippen LogP contribution < -0.4 is 21.5 Å². The summed E-state index contributed by atoms with van der Waals surface area (Å²) in [6.45, 7) is 3.86. The van der Waals surface area contributed by atoms with Gasteiger partial charge >= 0.3 is 12.2 Å². The molecule has 1 rings (SSSR count). The molecule has 0 saturated carbocycles. The van der Waals surface area contributed by atoms with Crippen molar-refractivity contribution in [3.8, 4) is 0 Å². The second-order valence-electron chi connectivity index (χ2n) is 3.18. The van der Waals surface area contributed by atoms with E-state index in [4.69, 9.17) is 17.0 Å². The highest BCUT2D eigenvalue weighted by atomic mass is 32.1. The number of hydrazine groups is 1. The number of carbonyl (C=O) groups excluding carboxylic acids is 2. The third kappa shape index (κ3) is 6.67. The minimum atomic E-state index is -0.668. The topological polar surface area (TPSA) is 127 Å². The van der Waals surface area contributed by atoms with E-state index in [0.717, 1.165) is 11.3 Å². The molecule has 1 heterocycles. The van der Waals surface area contributed by atoms with Crippen LogP contribution in [0.5, 0.6) is 0 Å². The van der Waals surface area contributed by atoms with Crippen LogP contribution >= 0.6 is 23.6 Å². The summed E-state index contributed by atoms with van der Waals surface area (Å²) in [6.07, 6.45) is -1.29. The number of rotatable bonds is 5. The Morgan fingerprint density at radius 2 is 1.76 bits per heavy atom. The molecular formula is C9H14N6O4S2. The summed E-state index contributed by atoms with van der Waals surface area (Å²) in [4.78, 5) is 22.2. The van der Waals surface area contributed by atoms with Crippen molar-refractivity contribution in [2.24, 2.45) is 0 Å². The number of nitrogens with zero attached hydrogens (tertiary/aromatic N) is 2. The second-order valence-corrected chi connectivity index (χ2v) is 4.57. The van der Waals surface area contributed by atoms with Gasteiger partial charge in [0.15, 0.2) is 5.11 Å². The van der Waals surface area contributed by atoms with Gasteiger partial charge in [-0.2, -0.15) is 0 Å². The molecule has 12 heteroatoms. The number of nitrogens with one attached hydrogen (secondary N) is 4. The van der Waals surface area contributed by atoms with E-state index >= 15 is 0 Å². The van der Waals surface area contributed by atoms with E-state index in [0.29, 0.717) is 5.13 Å². The number of anilines is 2. The fourth-order valence-electron chi connectivity index (χ4n) is 0.980. The monoisotopic (exact) mass is 334 g/mol. The smallest absolute Gasteiger partial charge is 0.413 e. The van der Waals surface area contributed by atoms with E-state index in [1.54, 1.807) is 13.8 Å². The van der Waals surface area contributed by atoms with E-state index in [2.05, 4.69) is 36.4 Å². The van der Waals surface area contributed by atoms with Gasteiger partial charge in [0.2, 0.25) is 10.3 Å². The zero-order valence-corrected chi connectivity index (χ0v) is 12.9. The zero-order chi connectivity index (χ0) is 15.7. The maximum Gasteiger partial charge on any atom is 0.413 e. The molecule has 0 unspecified atom stereocenters. The Labute approximate surface area is 129 Å². The fraction of sp³-hybridized carbons (Fsp3) is 0.444. The molecule has 0 spiro atoms. The van der Waals surface area contributed by atoms with Crippen LogP contribution in [-0.2, 0) is 9.47 Å². The van der Waals surface area contributed by atoms with Crippen molar-refractivity contribution < 1.29 is 19.1 Å². The molecule has 4 N–H and O–H groups in total. The third-order valence-corrected chi connectivity index (χ3v) is 2.64. The second kappa shape index (κ2) is 8.86. The first kappa shape index (κ1) is 16.8. The first-order chi connectivity index (χ1) is 10.0. The highest BCUT2D eigenvalue weighted by Crippen LogP contribution is 2.18. The predicted molar refractivity (Wildman–Crippen MR) is 80.1 cm³/mol. The SMILES string of the molecule is CCOC(=O)NC(=S)NNc1nnc(NC(=O)OCC)s1. The third-order valence-electron chi connectivity index (χ3n) is 1.68. The van der Waals surface area contributed by atoms with E-state index < -0.39 is 12.2 Å². The molecule has 0 atom stereocenters. The molecule has 0 aliphatic carbocycles. The number of hydrogen-bond donors (Lipinski definition) is 4. The van der Waals surface area contributed by atoms with Crippen LogP contribution in [0.4, 0.5) is 19.9 Å². The Balaban J connectivity index is 2.36. The van der Waals surface area contributed by atoms with Crippen molar-refractivity contribution in [2.45, 2.75) is 13.8 Å². The number of thiocarbonyl (C=S) groups is 1. The Morgan fingerprint density at radius 1 is 1.14 bits per heavy atom. The normalized spacial score (nSPS) is 9.43. The van der Waals surface area contributed by atoms with Gasteiger partial charge in [-0.3, -0.25) is 21.5 Å². The van der Waals surface area contributed by atoms with Crippen LogP contribution in [0.25, 0.3) is 0 Å². The zero-order valence-electron chi connectivity index (χ0n) is 11.3. The van der Waals surface area contributed by atoms with Gasteiger partial charge in [0.1, 0.15) is 0 Å². The minimum Gasteiger partial charge on any atom is -0.450 e. The van der Waals surface area contributed by atoms with Gasteiger partial charge in [0.25, 0.3) is 0 Å². The summed E-state index contributed by atoms with van der Waals surface area (Å²) in [5, 5.41) is 12.7. The summed E-state index contributed by atoms with van der Waals surface area (Å²) < 4.78 is 9.33. The summed E-state index contributed by atoms with van der Waals surface area (Å²) in [7, 11) is 0.